The van der Waals surface area contributed by atoms with Gasteiger partial charge in [0.15, 0.2) is 5.78 Å². The summed E-state index contributed by atoms with van der Waals surface area (Å²) < 4.78 is 6.10. The molecule has 0 atom stereocenters. The average Bonchev–Trinajstić information content (AvgIpc) is 2.44. The van der Waals surface area contributed by atoms with Crippen LogP contribution in [0.1, 0.15) is 27.0 Å². The van der Waals surface area contributed by atoms with Crippen LogP contribution in [0.4, 0.5) is 0 Å². The molecule has 2 rings (SSSR count). The van der Waals surface area contributed by atoms with E-state index in [0.717, 1.165) is 11.1 Å². The molecule has 2 aromatic rings. The van der Waals surface area contributed by atoms with Gasteiger partial charge >= 0.3 is 0 Å². The van der Waals surface area contributed by atoms with Crippen molar-refractivity contribution in [3.8, 4) is 5.75 Å². The molecule has 2 nitrogen and oxygen atoms in total. The number of carbonyl (C=O) groups is 1. The van der Waals surface area contributed by atoms with Crippen molar-refractivity contribution in [3.63, 3.8) is 0 Å². The highest BCUT2D eigenvalue weighted by Gasteiger charge is 2.17. The maximum Gasteiger partial charge on any atom is 0.196 e. The number of aryl methyl sites for hydroxylation is 1. The van der Waals surface area contributed by atoms with E-state index in [1.54, 1.807) is 31.4 Å². The number of ether oxygens (including phenoxy) is 1. The molecule has 0 bridgehead atoms. The second-order valence-electron chi connectivity index (χ2n) is 4.55. The van der Waals surface area contributed by atoms with Gasteiger partial charge in [-0.2, -0.15) is 0 Å². The van der Waals surface area contributed by atoms with Crippen molar-refractivity contribution >= 4 is 33.3 Å². The van der Waals surface area contributed by atoms with Gasteiger partial charge in [0, 0.05) is 10.0 Å². The van der Waals surface area contributed by atoms with Gasteiger partial charge < -0.3 is 4.74 Å². The molecule has 0 spiro atoms. The first-order chi connectivity index (χ1) is 9.45. The summed E-state index contributed by atoms with van der Waals surface area (Å²) in [6.45, 7) is 3.94. The molecule has 0 aliphatic rings. The zero-order valence-corrected chi connectivity index (χ0v) is 13.8. The monoisotopic (exact) mass is 352 g/mol. The number of benzene rings is 2. The summed E-state index contributed by atoms with van der Waals surface area (Å²) in [5.41, 5.74) is 3.20. The molecule has 0 aliphatic carbocycles. The van der Waals surface area contributed by atoms with Crippen molar-refractivity contribution in [2.75, 3.05) is 7.11 Å². The SMILES string of the molecule is COc1c(C(=O)c2ccc(Cl)c(Br)c2)ccc(C)c1C. The molecule has 0 aliphatic heterocycles. The molecule has 0 saturated carbocycles. The third-order valence-corrected chi connectivity index (χ3v) is 4.52. The fourth-order valence-corrected chi connectivity index (χ4v) is 2.52. The normalized spacial score (nSPS) is 10.4. The molecule has 20 heavy (non-hydrogen) atoms. The van der Waals surface area contributed by atoms with Crippen molar-refractivity contribution in [2.45, 2.75) is 13.8 Å². The first kappa shape index (κ1) is 15.1. The van der Waals surface area contributed by atoms with E-state index < -0.39 is 0 Å². The van der Waals surface area contributed by atoms with Crippen molar-refractivity contribution in [1.82, 2.24) is 0 Å². The largest absolute Gasteiger partial charge is 0.496 e. The molecule has 0 unspecified atom stereocenters. The number of ketones is 1. The van der Waals surface area contributed by atoms with Gasteiger partial charge in [-0.3, -0.25) is 4.79 Å². The standard InChI is InChI=1S/C16H14BrClO2/c1-9-4-6-12(16(20-3)10(9)2)15(19)11-5-7-14(18)13(17)8-11/h4-8H,1-3H3. The lowest BCUT2D eigenvalue weighted by Gasteiger charge is -2.13. The van der Waals surface area contributed by atoms with Gasteiger partial charge in [-0.05, 0) is 65.2 Å². The van der Waals surface area contributed by atoms with E-state index in [-0.39, 0.29) is 5.78 Å². The highest BCUT2D eigenvalue weighted by molar-refractivity contribution is 9.10. The molecule has 0 radical (unpaired) electrons. The van der Waals surface area contributed by atoms with Gasteiger partial charge in [0.25, 0.3) is 0 Å². The van der Waals surface area contributed by atoms with Gasteiger partial charge in [0.1, 0.15) is 5.75 Å². The van der Waals surface area contributed by atoms with Crippen LogP contribution in [0.3, 0.4) is 0 Å². The predicted octanol–water partition coefficient (Wildman–Crippen LogP) is 4.96. The summed E-state index contributed by atoms with van der Waals surface area (Å²) in [6.07, 6.45) is 0. The van der Waals surface area contributed by atoms with Crippen molar-refractivity contribution in [1.29, 1.82) is 0 Å². The molecule has 0 amide bonds. The van der Waals surface area contributed by atoms with Crippen molar-refractivity contribution < 1.29 is 9.53 Å². The smallest absolute Gasteiger partial charge is 0.196 e. The topological polar surface area (TPSA) is 26.3 Å². The molecular weight excluding hydrogens is 340 g/mol. The van der Waals surface area contributed by atoms with Crippen molar-refractivity contribution in [3.05, 3.63) is 62.1 Å². The first-order valence-corrected chi connectivity index (χ1v) is 7.26. The first-order valence-electron chi connectivity index (χ1n) is 6.09. The molecule has 4 heteroatoms. The summed E-state index contributed by atoms with van der Waals surface area (Å²) in [5.74, 6) is 0.545. The second-order valence-corrected chi connectivity index (χ2v) is 5.81. The Hall–Kier alpha value is -1.32. The number of carbonyl (C=O) groups excluding carboxylic acids is 1. The molecule has 0 heterocycles. The lowest BCUT2D eigenvalue weighted by Crippen LogP contribution is -2.06. The molecule has 104 valence electrons. The second kappa shape index (κ2) is 5.98. The number of hydrogen-bond donors (Lipinski definition) is 0. The third-order valence-electron chi connectivity index (χ3n) is 3.31. The summed E-state index contributed by atoms with van der Waals surface area (Å²) in [7, 11) is 1.58. The molecule has 0 fully saturated rings. The van der Waals surface area contributed by atoms with E-state index in [0.29, 0.717) is 26.4 Å². The summed E-state index contributed by atoms with van der Waals surface area (Å²) in [4.78, 5) is 12.6. The van der Waals surface area contributed by atoms with Crippen LogP contribution in [-0.4, -0.2) is 12.9 Å². The van der Waals surface area contributed by atoms with Crippen LogP contribution in [-0.2, 0) is 0 Å². The Morgan fingerprint density at radius 1 is 1.20 bits per heavy atom. The highest BCUT2D eigenvalue weighted by atomic mass is 79.9. The lowest BCUT2D eigenvalue weighted by atomic mass is 9.98. The number of rotatable bonds is 3. The van der Waals surface area contributed by atoms with Gasteiger partial charge in [-0.15, -0.1) is 0 Å². The van der Waals surface area contributed by atoms with E-state index in [1.807, 2.05) is 19.9 Å². The Labute approximate surface area is 131 Å². The van der Waals surface area contributed by atoms with E-state index in [4.69, 9.17) is 16.3 Å². The molecule has 0 saturated heterocycles. The number of halogens is 2. The van der Waals surface area contributed by atoms with Gasteiger partial charge in [0.2, 0.25) is 0 Å². The number of methoxy groups -OCH3 is 1. The fraction of sp³-hybridized carbons (Fsp3) is 0.188. The Balaban J connectivity index is 2.53. The Bertz CT molecular complexity index is 680. The molecule has 0 N–H and O–H groups in total. The minimum atomic E-state index is -0.0812. The van der Waals surface area contributed by atoms with Crippen LogP contribution in [0.25, 0.3) is 0 Å². The third kappa shape index (κ3) is 2.74. The van der Waals surface area contributed by atoms with Gasteiger partial charge in [-0.25, -0.2) is 0 Å². The highest BCUT2D eigenvalue weighted by Crippen LogP contribution is 2.30. The van der Waals surface area contributed by atoms with Crippen LogP contribution < -0.4 is 4.74 Å². The number of hydrogen-bond acceptors (Lipinski definition) is 2. The summed E-state index contributed by atoms with van der Waals surface area (Å²) in [6, 6.07) is 8.86. The predicted molar refractivity (Wildman–Crippen MR) is 85.1 cm³/mol. The summed E-state index contributed by atoms with van der Waals surface area (Å²) in [5, 5.41) is 0.577. The van der Waals surface area contributed by atoms with E-state index in [1.165, 1.54) is 0 Å². The summed E-state index contributed by atoms with van der Waals surface area (Å²) >= 11 is 9.29. The molecular formula is C16H14BrClO2. The maximum absolute atomic E-state index is 12.6. The molecule has 0 aromatic heterocycles. The van der Waals surface area contributed by atoms with E-state index in [9.17, 15) is 4.79 Å². The van der Waals surface area contributed by atoms with E-state index in [2.05, 4.69) is 15.9 Å². The van der Waals surface area contributed by atoms with E-state index >= 15 is 0 Å². The molecule has 2 aromatic carbocycles. The van der Waals surface area contributed by atoms with Crippen LogP contribution in [0, 0.1) is 13.8 Å². The maximum atomic E-state index is 12.6. The van der Waals surface area contributed by atoms with Gasteiger partial charge in [-0.1, -0.05) is 17.7 Å². The Kier molecular flexibility index (Phi) is 4.51. The van der Waals surface area contributed by atoms with Gasteiger partial charge in [0.05, 0.1) is 17.7 Å². The van der Waals surface area contributed by atoms with Crippen molar-refractivity contribution in [2.24, 2.45) is 0 Å². The fourth-order valence-electron chi connectivity index (χ4n) is 2.02. The average molecular weight is 354 g/mol. The quantitative estimate of drug-likeness (QED) is 0.729. The minimum Gasteiger partial charge on any atom is -0.496 e. The Morgan fingerprint density at radius 3 is 2.50 bits per heavy atom. The minimum absolute atomic E-state index is 0.0812. The zero-order valence-electron chi connectivity index (χ0n) is 11.5. The lowest BCUT2D eigenvalue weighted by molar-refractivity contribution is 0.103. The van der Waals surface area contributed by atoms with Crippen LogP contribution in [0.2, 0.25) is 5.02 Å². The zero-order chi connectivity index (χ0) is 14.9. The van der Waals surface area contributed by atoms with Crippen LogP contribution in [0.15, 0.2) is 34.8 Å². The van der Waals surface area contributed by atoms with Crippen LogP contribution in [0.5, 0.6) is 5.75 Å². The Morgan fingerprint density at radius 2 is 1.90 bits per heavy atom. The van der Waals surface area contributed by atoms with Crippen LogP contribution >= 0.6 is 27.5 Å².